The highest BCUT2D eigenvalue weighted by atomic mass is 127. The molecule has 0 aliphatic rings. The highest BCUT2D eigenvalue weighted by Gasteiger charge is 2.08. The molecule has 8 heteroatoms. The number of carbonyl (C=O) groups is 1. The second kappa shape index (κ2) is 14.2. The number of halogens is 2. The Balaban J connectivity index is 0.00000450. The topological polar surface area (TPSA) is 56.7 Å². The minimum atomic E-state index is -0.207. The molecule has 0 spiro atoms. The van der Waals surface area contributed by atoms with Gasteiger partial charge in [-0.25, -0.2) is 4.39 Å². The standard InChI is InChI=1S/C22H29FN4OS.HI/c1-24-22(25-13-5-15-29-20-10-8-19(23)9-11-20)26-14-12-17-6-4-7-18(16-17)21(28)27(2)3;/h4,6-11,16H,5,12-15H2,1-3H3,(H2,24,25,26);1H. The molecule has 0 aliphatic carbocycles. The van der Waals surface area contributed by atoms with Gasteiger partial charge in [-0.15, -0.1) is 35.7 Å². The number of aliphatic imine (C=N–C) groups is 1. The molecule has 0 aliphatic heterocycles. The summed E-state index contributed by atoms with van der Waals surface area (Å²) >= 11 is 1.71. The molecule has 0 radical (unpaired) electrons. The highest BCUT2D eigenvalue weighted by molar-refractivity contribution is 14.0. The van der Waals surface area contributed by atoms with Crippen molar-refractivity contribution in [2.75, 3.05) is 40.0 Å². The number of thioether (sulfide) groups is 1. The highest BCUT2D eigenvalue weighted by Crippen LogP contribution is 2.18. The number of rotatable bonds is 9. The number of hydrogen-bond acceptors (Lipinski definition) is 3. The summed E-state index contributed by atoms with van der Waals surface area (Å²) in [5.41, 5.74) is 1.81. The van der Waals surface area contributed by atoms with Crippen LogP contribution in [0.1, 0.15) is 22.3 Å². The van der Waals surface area contributed by atoms with Crippen molar-refractivity contribution in [2.24, 2.45) is 4.99 Å². The van der Waals surface area contributed by atoms with E-state index >= 15 is 0 Å². The largest absolute Gasteiger partial charge is 0.356 e. The molecule has 2 N–H and O–H groups in total. The Morgan fingerprint density at radius 2 is 1.80 bits per heavy atom. The second-order valence-corrected chi connectivity index (χ2v) is 7.90. The van der Waals surface area contributed by atoms with Gasteiger partial charge in [0, 0.05) is 44.7 Å². The Morgan fingerprint density at radius 3 is 2.47 bits per heavy atom. The van der Waals surface area contributed by atoms with Crippen LogP contribution in [0.15, 0.2) is 58.4 Å². The minimum Gasteiger partial charge on any atom is -0.356 e. The number of nitrogens with zero attached hydrogens (tertiary/aromatic N) is 2. The third-order valence-electron chi connectivity index (χ3n) is 4.21. The normalized spacial score (nSPS) is 10.9. The van der Waals surface area contributed by atoms with Crippen LogP contribution in [-0.4, -0.2) is 56.8 Å². The third kappa shape index (κ3) is 9.34. The number of carbonyl (C=O) groups excluding carboxylic acids is 1. The maximum Gasteiger partial charge on any atom is 0.253 e. The maximum atomic E-state index is 12.9. The zero-order valence-electron chi connectivity index (χ0n) is 17.7. The molecule has 0 aromatic heterocycles. The minimum absolute atomic E-state index is 0. The monoisotopic (exact) mass is 544 g/mol. The predicted octanol–water partition coefficient (Wildman–Crippen LogP) is 4.04. The predicted molar refractivity (Wildman–Crippen MR) is 135 cm³/mol. The summed E-state index contributed by atoms with van der Waals surface area (Å²) < 4.78 is 12.9. The lowest BCUT2D eigenvalue weighted by Gasteiger charge is -2.13. The van der Waals surface area contributed by atoms with Crippen molar-refractivity contribution >= 4 is 47.6 Å². The third-order valence-corrected chi connectivity index (χ3v) is 5.30. The van der Waals surface area contributed by atoms with Gasteiger partial charge in [-0.05, 0) is 60.6 Å². The first kappa shape index (κ1) is 26.2. The lowest BCUT2D eigenvalue weighted by molar-refractivity contribution is 0.0827. The Morgan fingerprint density at radius 1 is 1.10 bits per heavy atom. The Hall–Kier alpha value is -1.81. The molecule has 30 heavy (non-hydrogen) atoms. The van der Waals surface area contributed by atoms with Gasteiger partial charge in [0.05, 0.1) is 0 Å². The molecule has 0 bridgehead atoms. The van der Waals surface area contributed by atoms with Gasteiger partial charge in [0.15, 0.2) is 5.96 Å². The van der Waals surface area contributed by atoms with Crippen molar-refractivity contribution < 1.29 is 9.18 Å². The fourth-order valence-electron chi connectivity index (χ4n) is 2.66. The molecule has 0 fully saturated rings. The van der Waals surface area contributed by atoms with Crippen LogP contribution in [0.25, 0.3) is 0 Å². The summed E-state index contributed by atoms with van der Waals surface area (Å²) in [6.45, 7) is 1.53. The van der Waals surface area contributed by atoms with E-state index in [2.05, 4.69) is 15.6 Å². The van der Waals surface area contributed by atoms with Crippen molar-refractivity contribution in [2.45, 2.75) is 17.7 Å². The molecule has 2 rings (SSSR count). The van der Waals surface area contributed by atoms with E-state index in [-0.39, 0.29) is 35.7 Å². The van der Waals surface area contributed by atoms with Gasteiger partial charge in [-0.1, -0.05) is 12.1 Å². The quantitative estimate of drug-likeness (QED) is 0.165. The van der Waals surface area contributed by atoms with Crippen molar-refractivity contribution in [1.82, 2.24) is 15.5 Å². The van der Waals surface area contributed by atoms with E-state index in [0.29, 0.717) is 5.56 Å². The molecule has 1 amide bonds. The van der Waals surface area contributed by atoms with E-state index in [1.165, 1.54) is 12.1 Å². The molecular formula is C22H30FIN4OS. The zero-order chi connectivity index (χ0) is 21.1. The summed E-state index contributed by atoms with van der Waals surface area (Å²) in [5.74, 6) is 1.51. The van der Waals surface area contributed by atoms with Crippen molar-refractivity contribution in [1.29, 1.82) is 0 Å². The first-order chi connectivity index (χ1) is 14.0. The molecule has 2 aromatic carbocycles. The van der Waals surface area contributed by atoms with E-state index in [1.54, 1.807) is 49.9 Å². The van der Waals surface area contributed by atoms with Crippen LogP contribution < -0.4 is 10.6 Å². The molecule has 2 aromatic rings. The average Bonchev–Trinajstić information content (AvgIpc) is 2.73. The summed E-state index contributed by atoms with van der Waals surface area (Å²) in [4.78, 5) is 19.0. The first-order valence-corrected chi connectivity index (χ1v) is 10.6. The van der Waals surface area contributed by atoms with Gasteiger partial charge in [-0.3, -0.25) is 9.79 Å². The second-order valence-electron chi connectivity index (χ2n) is 6.73. The van der Waals surface area contributed by atoms with Crippen LogP contribution in [0.4, 0.5) is 4.39 Å². The van der Waals surface area contributed by atoms with Crippen LogP contribution in [-0.2, 0) is 6.42 Å². The average molecular weight is 544 g/mol. The van der Waals surface area contributed by atoms with Crippen LogP contribution in [0, 0.1) is 5.82 Å². The molecule has 0 saturated heterocycles. The Bertz CT molecular complexity index is 815. The van der Waals surface area contributed by atoms with Gasteiger partial charge in [0.2, 0.25) is 0 Å². The van der Waals surface area contributed by atoms with E-state index in [0.717, 1.165) is 48.1 Å². The zero-order valence-corrected chi connectivity index (χ0v) is 20.8. The van der Waals surface area contributed by atoms with Gasteiger partial charge in [0.1, 0.15) is 5.82 Å². The molecule has 0 heterocycles. The van der Waals surface area contributed by atoms with Gasteiger partial charge in [-0.2, -0.15) is 0 Å². The Labute approximate surface area is 199 Å². The fraction of sp³-hybridized carbons (Fsp3) is 0.364. The Kier molecular flexibility index (Phi) is 12.4. The summed E-state index contributed by atoms with van der Waals surface area (Å²) in [6, 6.07) is 14.3. The van der Waals surface area contributed by atoms with Crippen LogP contribution in [0.3, 0.4) is 0 Å². The van der Waals surface area contributed by atoms with Gasteiger partial charge in [0.25, 0.3) is 5.91 Å². The van der Waals surface area contributed by atoms with E-state index < -0.39 is 0 Å². The molecule has 0 unspecified atom stereocenters. The number of hydrogen-bond donors (Lipinski definition) is 2. The van der Waals surface area contributed by atoms with Crippen LogP contribution in [0.5, 0.6) is 0 Å². The first-order valence-electron chi connectivity index (χ1n) is 9.63. The van der Waals surface area contributed by atoms with Gasteiger partial charge < -0.3 is 15.5 Å². The number of nitrogens with one attached hydrogen (secondary N) is 2. The van der Waals surface area contributed by atoms with E-state index in [4.69, 9.17) is 0 Å². The van der Waals surface area contributed by atoms with Crippen molar-refractivity contribution in [3.8, 4) is 0 Å². The van der Waals surface area contributed by atoms with Crippen LogP contribution in [0.2, 0.25) is 0 Å². The summed E-state index contributed by atoms with van der Waals surface area (Å²) in [6.07, 6.45) is 1.77. The SMILES string of the molecule is CN=C(NCCCSc1ccc(F)cc1)NCCc1cccc(C(=O)N(C)C)c1.I. The molecular weight excluding hydrogens is 514 g/mol. The van der Waals surface area contributed by atoms with Crippen molar-refractivity contribution in [3.63, 3.8) is 0 Å². The summed E-state index contributed by atoms with van der Waals surface area (Å²) in [7, 11) is 5.26. The summed E-state index contributed by atoms with van der Waals surface area (Å²) in [5, 5.41) is 6.60. The lowest BCUT2D eigenvalue weighted by Crippen LogP contribution is -2.38. The number of amides is 1. The van der Waals surface area contributed by atoms with Crippen molar-refractivity contribution in [3.05, 3.63) is 65.5 Å². The molecule has 164 valence electrons. The van der Waals surface area contributed by atoms with E-state index in [1.807, 2.05) is 24.3 Å². The van der Waals surface area contributed by atoms with Gasteiger partial charge >= 0.3 is 0 Å². The maximum absolute atomic E-state index is 12.9. The lowest BCUT2D eigenvalue weighted by atomic mass is 10.1. The molecule has 5 nitrogen and oxygen atoms in total. The number of guanidine groups is 1. The van der Waals surface area contributed by atoms with Crippen LogP contribution >= 0.6 is 35.7 Å². The number of benzene rings is 2. The molecule has 0 atom stereocenters. The fourth-order valence-corrected chi connectivity index (χ4v) is 3.52. The van der Waals surface area contributed by atoms with E-state index in [9.17, 15) is 9.18 Å². The smallest absolute Gasteiger partial charge is 0.253 e. The molecule has 0 saturated carbocycles.